The molecule has 0 unspecified atom stereocenters. The molecule has 1 rings (SSSR count). The summed E-state index contributed by atoms with van der Waals surface area (Å²) in [6, 6.07) is 6.90. The first-order chi connectivity index (χ1) is 8.50. The van der Waals surface area contributed by atoms with E-state index in [1.807, 2.05) is 0 Å². The fourth-order valence-electron chi connectivity index (χ4n) is 1.30. The summed E-state index contributed by atoms with van der Waals surface area (Å²) in [6.07, 6.45) is -0.623. The number of nitrogens with one attached hydrogen (secondary N) is 2. The van der Waals surface area contributed by atoms with Crippen molar-refractivity contribution >= 4 is 17.8 Å². The fraction of sp³-hybridized carbons (Fsp3) is 0.250. The summed E-state index contributed by atoms with van der Waals surface area (Å²) >= 11 is 0. The summed E-state index contributed by atoms with van der Waals surface area (Å²) in [4.78, 5) is 32.9. The molecule has 0 fully saturated rings. The number of aryl methyl sites for hydroxylation is 1. The van der Waals surface area contributed by atoms with Gasteiger partial charge in [-0.05, 0) is 25.0 Å². The van der Waals surface area contributed by atoms with E-state index in [0.717, 1.165) is 5.56 Å². The van der Waals surface area contributed by atoms with Crippen molar-refractivity contribution in [1.29, 1.82) is 0 Å². The van der Waals surface area contributed by atoms with Gasteiger partial charge in [-0.3, -0.25) is 20.4 Å². The van der Waals surface area contributed by atoms with Crippen molar-refractivity contribution in [2.75, 3.05) is 0 Å². The molecule has 2 N–H and O–H groups in total. The van der Waals surface area contributed by atoms with Crippen LogP contribution in [0.5, 0.6) is 0 Å². The van der Waals surface area contributed by atoms with E-state index in [4.69, 9.17) is 0 Å². The van der Waals surface area contributed by atoms with E-state index >= 15 is 0 Å². The summed E-state index contributed by atoms with van der Waals surface area (Å²) in [6.45, 7) is 1.77. The number of benzene rings is 1. The predicted octanol–water partition coefficient (Wildman–Crippen LogP) is -0.714. The van der Waals surface area contributed by atoms with Crippen molar-refractivity contribution in [3.8, 4) is 0 Å². The second kappa shape index (κ2) is 6.39. The Hall–Kier alpha value is -2.37. The highest BCUT2D eigenvalue weighted by Crippen LogP contribution is 2.05. The van der Waals surface area contributed by atoms with Crippen LogP contribution < -0.4 is 16.0 Å². The van der Waals surface area contributed by atoms with E-state index in [1.165, 1.54) is 0 Å². The minimum absolute atomic E-state index is 0.240. The molecule has 6 nitrogen and oxygen atoms in total. The van der Waals surface area contributed by atoms with Crippen LogP contribution in [0.15, 0.2) is 24.3 Å². The third kappa shape index (κ3) is 4.25. The van der Waals surface area contributed by atoms with Gasteiger partial charge in [0.15, 0.2) is 0 Å². The average Bonchev–Trinajstić information content (AvgIpc) is 2.34. The van der Waals surface area contributed by atoms with Crippen LogP contribution in [0.1, 0.15) is 28.8 Å². The molecule has 0 atom stereocenters. The topological polar surface area (TPSA) is 98.3 Å². The zero-order valence-electron chi connectivity index (χ0n) is 9.86. The monoisotopic (exact) mass is 249 g/mol. The maximum absolute atomic E-state index is 11.7. The molecule has 1 aromatic carbocycles. The van der Waals surface area contributed by atoms with Crippen LogP contribution in [-0.4, -0.2) is 17.8 Å². The molecule has 0 aromatic heterocycles. The van der Waals surface area contributed by atoms with Gasteiger partial charge in [0.05, 0.1) is 0 Å². The number of amides is 2. The van der Waals surface area contributed by atoms with E-state index in [0.29, 0.717) is 5.56 Å². The van der Waals surface area contributed by atoms with Gasteiger partial charge in [-0.15, -0.1) is 0 Å². The molecule has 0 saturated carbocycles. The Balaban J connectivity index is 2.45. The predicted molar refractivity (Wildman–Crippen MR) is 61.0 cm³/mol. The quantitative estimate of drug-likeness (QED) is 0.688. The van der Waals surface area contributed by atoms with Crippen LogP contribution >= 0.6 is 0 Å². The summed E-state index contributed by atoms with van der Waals surface area (Å²) in [5, 5.41) is 10.1. The van der Waals surface area contributed by atoms with Crippen molar-refractivity contribution in [3.05, 3.63) is 35.4 Å². The van der Waals surface area contributed by atoms with E-state index < -0.39 is 17.8 Å². The van der Waals surface area contributed by atoms with E-state index in [9.17, 15) is 19.5 Å². The van der Waals surface area contributed by atoms with Crippen LogP contribution in [0.3, 0.4) is 0 Å². The van der Waals surface area contributed by atoms with Crippen molar-refractivity contribution < 1.29 is 19.5 Å². The zero-order chi connectivity index (χ0) is 13.5. The Morgan fingerprint density at radius 3 is 2.39 bits per heavy atom. The maximum Gasteiger partial charge on any atom is 0.269 e. The van der Waals surface area contributed by atoms with Crippen molar-refractivity contribution in [3.63, 3.8) is 0 Å². The third-order valence-corrected chi connectivity index (χ3v) is 2.26. The van der Waals surface area contributed by atoms with Crippen molar-refractivity contribution in [1.82, 2.24) is 10.9 Å². The highest BCUT2D eigenvalue weighted by atomic mass is 16.4. The molecule has 18 heavy (non-hydrogen) atoms. The first-order valence-electron chi connectivity index (χ1n) is 5.35. The second-order valence-corrected chi connectivity index (χ2v) is 3.69. The van der Waals surface area contributed by atoms with E-state index in [-0.39, 0.29) is 12.8 Å². The molecule has 0 radical (unpaired) electrons. The molecule has 0 aliphatic heterocycles. The number of hydrazine groups is 1. The van der Waals surface area contributed by atoms with Crippen molar-refractivity contribution in [2.45, 2.75) is 19.8 Å². The van der Waals surface area contributed by atoms with Crippen LogP contribution in [0.25, 0.3) is 0 Å². The molecule has 0 heterocycles. The standard InChI is InChI=1S/C12H14N2O4/c1-8-4-2-3-5-9(8)12(18)14-13-10(15)6-7-11(16)17/h2-5H,6-7H2,1H3,(H,13,15)(H,14,18)(H,16,17)/p-1. The first kappa shape index (κ1) is 13.7. The van der Waals surface area contributed by atoms with E-state index in [1.54, 1.807) is 31.2 Å². The zero-order valence-corrected chi connectivity index (χ0v) is 9.86. The van der Waals surface area contributed by atoms with Crippen LogP contribution in [0.4, 0.5) is 0 Å². The normalized spacial score (nSPS) is 9.61. The van der Waals surface area contributed by atoms with Gasteiger partial charge in [-0.1, -0.05) is 18.2 Å². The number of carbonyl (C=O) groups is 3. The van der Waals surface area contributed by atoms with Gasteiger partial charge in [-0.2, -0.15) is 0 Å². The van der Waals surface area contributed by atoms with Gasteiger partial charge in [0.2, 0.25) is 5.91 Å². The first-order valence-corrected chi connectivity index (χ1v) is 5.35. The number of rotatable bonds is 4. The Kier molecular flexibility index (Phi) is 4.86. The molecule has 0 bridgehead atoms. The Morgan fingerprint density at radius 2 is 1.78 bits per heavy atom. The van der Waals surface area contributed by atoms with Crippen LogP contribution in [0, 0.1) is 6.92 Å². The third-order valence-electron chi connectivity index (χ3n) is 2.26. The lowest BCUT2D eigenvalue weighted by atomic mass is 10.1. The SMILES string of the molecule is Cc1ccccc1C(=O)NNC(=O)CCC(=O)[O-]. The molecule has 6 heteroatoms. The second-order valence-electron chi connectivity index (χ2n) is 3.69. The maximum atomic E-state index is 11.7. The number of hydrogen-bond donors (Lipinski definition) is 2. The fourth-order valence-corrected chi connectivity index (χ4v) is 1.30. The molecular weight excluding hydrogens is 236 g/mol. The van der Waals surface area contributed by atoms with Gasteiger partial charge in [0, 0.05) is 18.0 Å². The number of hydrogen-bond acceptors (Lipinski definition) is 4. The largest absolute Gasteiger partial charge is 0.550 e. The molecule has 1 aromatic rings. The molecule has 0 aliphatic carbocycles. The highest BCUT2D eigenvalue weighted by Gasteiger charge is 2.09. The molecule has 0 saturated heterocycles. The Labute approximate surface area is 104 Å². The minimum atomic E-state index is -1.31. The number of carboxylic acids is 1. The lowest BCUT2D eigenvalue weighted by Crippen LogP contribution is -2.42. The van der Waals surface area contributed by atoms with Gasteiger partial charge in [-0.25, -0.2) is 0 Å². The van der Waals surface area contributed by atoms with Gasteiger partial charge in [0.25, 0.3) is 5.91 Å². The molecule has 96 valence electrons. The molecule has 2 amide bonds. The minimum Gasteiger partial charge on any atom is -0.550 e. The Morgan fingerprint density at radius 1 is 1.11 bits per heavy atom. The highest BCUT2D eigenvalue weighted by molar-refractivity contribution is 5.96. The summed E-state index contributed by atoms with van der Waals surface area (Å²) < 4.78 is 0. The lowest BCUT2D eigenvalue weighted by Gasteiger charge is -2.09. The number of carboxylic acid groups (broad SMARTS) is 1. The number of carbonyl (C=O) groups excluding carboxylic acids is 3. The Bertz CT molecular complexity index is 471. The molecule has 0 spiro atoms. The van der Waals surface area contributed by atoms with Crippen LogP contribution in [0.2, 0.25) is 0 Å². The average molecular weight is 249 g/mol. The lowest BCUT2D eigenvalue weighted by molar-refractivity contribution is -0.305. The van der Waals surface area contributed by atoms with Crippen LogP contribution in [-0.2, 0) is 9.59 Å². The number of aliphatic carboxylic acids is 1. The molecular formula is C12H13N2O4-. The van der Waals surface area contributed by atoms with Gasteiger partial charge in [0.1, 0.15) is 0 Å². The van der Waals surface area contributed by atoms with Crippen molar-refractivity contribution in [2.24, 2.45) is 0 Å². The van der Waals surface area contributed by atoms with Gasteiger partial charge < -0.3 is 9.90 Å². The summed E-state index contributed by atoms with van der Waals surface area (Å²) in [5.74, 6) is -2.34. The molecule has 0 aliphatic rings. The van der Waals surface area contributed by atoms with E-state index in [2.05, 4.69) is 10.9 Å². The smallest absolute Gasteiger partial charge is 0.269 e. The summed E-state index contributed by atoms with van der Waals surface area (Å²) in [7, 11) is 0. The summed E-state index contributed by atoms with van der Waals surface area (Å²) in [5.41, 5.74) is 5.56. The van der Waals surface area contributed by atoms with Gasteiger partial charge >= 0.3 is 0 Å².